The highest BCUT2D eigenvalue weighted by atomic mass is 32.2. The number of nitrogens with zero attached hydrogens (tertiary/aromatic N) is 2. The Balaban J connectivity index is 1.73. The van der Waals surface area contributed by atoms with Crippen LogP contribution in [0.5, 0.6) is 5.75 Å². The molecule has 0 saturated carbocycles. The quantitative estimate of drug-likeness (QED) is 0.727. The summed E-state index contributed by atoms with van der Waals surface area (Å²) in [5.41, 5.74) is 1.56. The van der Waals surface area contributed by atoms with Gasteiger partial charge in [0.25, 0.3) is 0 Å². The number of nitrogens with one attached hydrogen (secondary N) is 1. The van der Waals surface area contributed by atoms with E-state index in [0.717, 1.165) is 5.56 Å². The second kappa shape index (κ2) is 7.04. The summed E-state index contributed by atoms with van der Waals surface area (Å²) in [7, 11) is -2.08. The monoisotopic (exact) mass is 359 g/mol. The molecule has 0 bridgehead atoms. The van der Waals surface area contributed by atoms with Gasteiger partial charge in [-0.05, 0) is 42.8 Å². The summed E-state index contributed by atoms with van der Waals surface area (Å²) in [6.45, 7) is 1.74. The Morgan fingerprint density at radius 1 is 1.12 bits per heavy atom. The van der Waals surface area contributed by atoms with Gasteiger partial charge in [0, 0.05) is 5.56 Å². The molecule has 3 aromatic rings. The molecular weight excluding hydrogens is 342 g/mol. The number of methoxy groups -OCH3 is 1. The largest absolute Gasteiger partial charge is 0.497 e. The van der Waals surface area contributed by atoms with E-state index in [-0.39, 0.29) is 17.3 Å². The normalized spacial score (nSPS) is 11.4. The van der Waals surface area contributed by atoms with Crippen LogP contribution in [0.25, 0.3) is 11.5 Å². The van der Waals surface area contributed by atoms with Crippen molar-refractivity contribution < 1.29 is 17.6 Å². The molecule has 0 aliphatic rings. The molecule has 8 heteroatoms. The van der Waals surface area contributed by atoms with Crippen molar-refractivity contribution in [2.75, 3.05) is 7.11 Å². The zero-order valence-corrected chi connectivity index (χ0v) is 14.6. The fraction of sp³-hybridized carbons (Fsp3) is 0.176. The number of rotatable bonds is 6. The zero-order valence-electron chi connectivity index (χ0n) is 13.8. The van der Waals surface area contributed by atoms with Crippen LogP contribution in [0.15, 0.2) is 57.8 Å². The van der Waals surface area contributed by atoms with E-state index in [1.165, 1.54) is 6.07 Å². The van der Waals surface area contributed by atoms with Crippen LogP contribution >= 0.6 is 0 Å². The number of benzene rings is 2. The molecule has 130 valence electrons. The third-order valence-electron chi connectivity index (χ3n) is 3.50. The maximum absolute atomic E-state index is 12.3. The molecule has 0 saturated heterocycles. The lowest BCUT2D eigenvalue weighted by Crippen LogP contribution is -2.23. The molecule has 0 radical (unpaired) electrons. The lowest BCUT2D eigenvalue weighted by Gasteiger charge is -2.05. The van der Waals surface area contributed by atoms with Gasteiger partial charge < -0.3 is 9.15 Å². The highest BCUT2D eigenvalue weighted by Gasteiger charge is 2.16. The van der Waals surface area contributed by atoms with Crippen molar-refractivity contribution >= 4 is 10.0 Å². The van der Waals surface area contributed by atoms with Crippen molar-refractivity contribution in [3.63, 3.8) is 0 Å². The Hall–Kier alpha value is -2.71. The van der Waals surface area contributed by atoms with E-state index in [2.05, 4.69) is 14.9 Å². The molecule has 0 fully saturated rings. The van der Waals surface area contributed by atoms with Gasteiger partial charge in [-0.3, -0.25) is 0 Å². The molecule has 7 nitrogen and oxygen atoms in total. The fourth-order valence-corrected chi connectivity index (χ4v) is 3.30. The number of sulfonamides is 1. The average Bonchev–Trinajstić information content (AvgIpc) is 3.09. The maximum atomic E-state index is 12.3. The van der Waals surface area contributed by atoms with Crippen LogP contribution < -0.4 is 9.46 Å². The topological polar surface area (TPSA) is 94.3 Å². The van der Waals surface area contributed by atoms with Crippen LogP contribution in [0.1, 0.15) is 11.5 Å². The second-order valence-corrected chi connectivity index (χ2v) is 7.14. The first kappa shape index (κ1) is 17.1. The summed E-state index contributed by atoms with van der Waals surface area (Å²) >= 11 is 0. The first-order valence-electron chi connectivity index (χ1n) is 7.51. The minimum atomic E-state index is -3.64. The number of ether oxygens (including phenoxy) is 1. The van der Waals surface area contributed by atoms with Gasteiger partial charge in [-0.15, -0.1) is 10.2 Å². The molecule has 0 aliphatic heterocycles. The van der Waals surface area contributed by atoms with Gasteiger partial charge in [0.2, 0.25) is 21.8 Å². The molecule has 1 N–H and O–H groups in total. The van der Waals surface area contributed by atoms with Crippen LogP contribution in [0, 0.1) is 6.92 Å². The molecule has 1 heterocycles. The van der Waals surface area contributed by atoms with Gasteiger partial charge in [-0.25, -0.2) is 13.1 Å². The molecule has 2 aromatic carbocycles. The maximum Gasteiger partial charge on any atom is 0.247 e. The Kier molecular flexibility index (Phi) is 4.82. The summed E-state index contributed by atoms with van der Waals surface area (Å²) < 4.78 is 37.7. The Morgan fingerprint density at radius 3 is 2.68 bits per heavy atom. The van der Waals surface area contributed by atoms with Crippen molar-refractivity contribution in [3.8, 4) is 17.2 Å². The third kappa shape index (κ3) is 4.04. The van der Waals surface area contributed by atoms with E-state index < -0.39 is 10.0 Å². The molecule has 0 spiro atoms. The number of aryl methyl sites for hydroxylation is 1. The van der Waals surface area contributed by atoms with Crippen LogP contribution in [0.4, 0.5) is 0 Å². The van der Waals surface area contributed by atoms with E-state index in [1.54, 1.807) is 43.5 Å². The number of hydrogen-bond donors (Lipinski definition) is 1. The first-order chi connectivity index (χ1) is 12.0. The van der Waals surface area contributed by atoms with E-state index in [0.29, 0.717) is 17.2 Å². The lowest BCUT2D eigenvalue weighted by atomic mass is 10.2. The predicted octanol–water partition coefficient (Wildman–Crippen LogP) is 2.53. The average molecular weight is 359 g/mol. The van der Waals surface area contributed by atoms with Crippen LogP contribution in [-0.4, -0.2) is 25.7 Å². The van der Waals surface area contributed by atoms with Gasteiger partial charge in [0.15, 0.2) is 0 Å². The molecule has 0 amide bonds. The Morgan fingerprint density at radius 2 is 1.92 bits per heavy atom. The van der Waals surface area contributed by atoms with Gasteiger partial charge in [-0.2, -0.15) is 0 Å². The summed E-state index contributed by atoms with van der Waals surface area (Å²) in [6.07, 6.45) is 0. The van der Waals surface area contributed by atoms with E-state index in [1.807, 2.05) is 13.0 Å². The summed E-state index contributed by atoms with van der Waals surface area (Å²) in [5, 5.41) is 7.82. The van der Waals surface area contributed by atoms with Crippen molar-refractivity contribution in [1.82, 2.24) is 14.9 Å². The van der Waals surface area contributed by atoms with E-state index in [4.69, 9.17) is 9.15 Å². The van der Waals surface area contributed by atoms with Crippen LogP contribution in [-0.2, 0) is 16.6 Å². The number of hydrogen-bond acceptors (Lipinski definition) is 6. The molecule has 0 unspecified atom stereocenters. The summed E-state index contributed by atoms with van der Waals surface area (Å²) in [4.78, 5) is 0.194. The van der Waals surface area contributed by atoms with Crippen LogP contribution in [0.3, 0.4) is 0 Å². The van der Waals surface area contributed by atoms with Crippen molar-refractivity contribution in [2.24, 2.45) is 0 Å². The van der Waals surface area contributed by atoms with Crippen molar-refractivity contribution in [1.29, 1.82) is 0 Å². The standard InChI is InChI=1S/C17H17N3O4S/c1-12-5-3-8-15(9-12)25(21,22)18-11-16-19-20-17(24-16)13-6-4-7-14(10-13)23-2/h3-10,18H,11H2,1-2H3. The zero-order chi connectivity index (χ0) is 17.9. The first-order valence-corrected chi connectivity index (χ1v) is 8.99. The van der Waals surface area contributed by atoms with E-state index >= 15 is 0 Å². The van der Waals surface area contributed by atoms with E-state index in [9.17, 15) is 8.42 Å². The summed E-state index contributed by atoms with van der Waals surface area (Å²) in [6, 6.07) is 13.8. The fourth-order valence-electron chi connectivity index (χ4n) is 2.22. The second-order valence-electron chi connectivity index (χ2n) is 5.37. The SMILES string of the molecule is COc1cccc(-c2nnc(CNS(=O)(=O)c3cccc(C)c3)o2)c1. The van der Waals surface area contributed by atoms with Gasteiger partial charge in [0.05, 0.1) is 18.6 Å². The van der Waals surface area contributed by atoms with Gasteiger partial charge in [0.1, 0.15) is 5.75 Å². The minimum absolute atomic E-state index is 0.0900. The molecular formula is C17H17N3O4S. The number of aromatic nitrogens is 2. The predicted molar refractivity (Wildman–Crippen MR) is 91.5 cm³/mol. The van der Waals surface area contributed by atoms with Crippen molar-refractivity contribution in [2.45, 2.75) is 18.4 Å². The molecule has 1 aromatic heterocycles. The lowest BCUT2D eigenvalue weighted by molar-refractivity contribution is 0.414. The molecule has 0 aliphatic carbocycles. The third-order valence-corrected chi connectivity index (χ3v) is 4.90. The highest BCUT2D eigenvalue weighted by Crippen LogP contribution is 2.22. The Labute approximate surface area is 145 Å². The molecule has 25 heavy (non-hydrogen) atoms. The smallest absolute Gasteiger partial charge is 0.247 e. The van der Waals surface area contributed by atoms with Crippen molar-refractivity contribution in [3.05, 3.63) is 60.0 Å². The molecule has 3 rings (SSSR count). The molecule has 0 atom stereocenters. The Bertz CT molecular complexity index is 983. The van der Waals surface area contributed by atoms with Gasteiger partial charge in [-0.1, -0.05) is 18.2 Å². The van der Waals surface area contributed by atoms with Crippen LogP contribution in [0.2, 0.25) is 0 Å². The van der Waals surface area contributed by atoms with Gasteiger partial charge >= 0.3 is 0 Å². The highest BCUT2D eigenvalue weighted by molar-refractivity contribution is 7.89. The summed E-state index contributed by atoms with van der Waals surface area (Å²) in [5.74, 6) is 1.13. The minimum Gasteiger partial charge on any atom is -0.497 e.